The quantitative estimate of drug-likeness (QED) is 0.860. The summed E-state index contributed by atoms with van der Waals surface area (Å²) in [6.45, 7) is 3.94. The Morgan fingerprint density at radius 2 is 1.96 bits per heavy atom. The second kappa shape index (κ2) is 7.35. The van der Waals surface area contributed by atoms with Crippen molar-refractivity contribution in [1.29, 1.82) is 0 Å². The number of carbonyl (C=O) groups excluding carboxylic acids is 1. The van der Waals surface area contributed by atoms with Crippen LogP contribution in [0.1, 0.15) is 21.5 Å². The lowest BCUT2D eigenvalue weighted by Crippen LogP contribution is -2.56. The van der Waals surface area contributed by atoms with Crippen LogP contribution < -0.4 is 5.32 Å². The minimum Gasteiger partial charge on any atom is -0.327 e. The van der Waals surface area contributed by atoms with Gasteiger partial charge in [-0.3, -0.25) is 4.79 Å². The van der Waals surface area contributed by atoms with Crippen molar-refractivity contribution >= 4 is 15.9 Å². The zero-order chi connectivity index (χ0) is 18.9. The van der Waals surface area contributed by atoms with Gasteiger partial charge in [0.15, 0.2) is 0 Å². The molecule has 1 aromatic rings. The lowest BCUT2D eigenvalue weighted by Gasteiger charge is -2.35. The van der Waals surface area contributed by atoms with E-state index in [1.54, 1.807) is 19.9 Å². The van der Waals surface area contributed by atoms with Crippen LogP contribution in [0.25, 0.3) is 0 Å². The molecule has 1 atom stereocenters. The zero-order valence-electron chi connectivity index (χ0n) is 14.7. The number of nitrogens with zero attached hydrogens (tertiary/aromatic N) is 2. The molecular weight excluding hydrogens is 352 g/mol. The first-order valence-electron chi connectivity index (χ1n) is 7.91. The van der Waals surface area contributed by atoms with Crippen LogP contribution in [-0.4, -0.2) is 69.7 Å². The molecular formula is C16H23F2N3O3S. The van der Waals surface area contributed by atoms with E-state index >= 15 is 0 Å². The van der Waals surface area contributed by atoms with E-state index in [1.165, 1.54) is 20.2 Å². The van der Waals surface area contributed by atoms with E-state index < -0.39 is 28.4 Å². The molecule has 0 aromatic heterocycles. The lowest BCUT2D eigenvalue weighted by molar-refractivity contribution is 0.0126. The second-order valence-corrected chi connectivity index (χ2v) is 8.43. The van der Waals surface area contributed by atoms with Gasteiger partial charge in [0.25, 0.3) is 12.3 Å². The topological polar surface area (TPSA) is 69.7 Å². The molecule has 1 heterocycles. The molecule has 25 heavy (non-hydrogen) atoms. The lowest BCUT2D eigenvalue weighted by atomic mass is 10.0. The monoisotopic (exact) mass is 375 g/mol. The van der Waals surface area contributed by atoms with Crippen molar-refractivity contribution in [2.75, 3.05) is 33.7 Å². The first-order chi connectivity index (χ1) is 11.6. The van der Waals surface area contributed by atoms with E-state index in [2.05, 4.69) is 5.32 Å². The number of alkyl halides is 2. The normalized spacial score (nSPS) is 18.9. The van der Waals surface area contributed by atoms with Gasteiger partial charge in [-0.15, -0.1) is 0 Å². The highest BCUT2D eigenvalue weighted by Gasteiger charge is 2.34. The SMILES string of the molecule is Cc1cc(C(=O)N2CCNCC2C(F)F)cc(S(=O)(=O)N(C)C)c1C. The molecule has 1 unspecified atom stereocenters. The Labute approximate surface area is 146 Å². The number of nitrogens with one attached hydrogen (secondary N) is 1. The summed E-state index contributed by atoms with van der Waals surface area (Å²) in [5.41, 5.74) is 1.27. The number of hydrogen-bond acceptors (Lipinski definition) is 4. The van der Waals surface area contributed by atoms with Crippen molar-refractivity contribution in [3.63, 3.8) is 0 Å². The molecule has 0 radical (unpaired) electrons. The van der Waals surface area contributed by atoms with Crippen LogP contribution in [0.3, 0.4) is 0 Å². The number of carbonyl (C=O) groups is 1. The number of piperazine rings is 1. The van der Waals surface area contributed by atoms with Gasteiger partial charge in [-0.05, 0) is 37.1 Å². The van der Waals surface area contributed by atoms with Crippen molar-refractivity contribution in [2.24, 2.45) is 0 Å². The van der Waals surface area contributed by atoms with Gasteiger partial charge in [-0.2, -0.15) is 0 Å². The summed E-state index contributed by atoms with van der Waals surface area (Å²) in [4.78, 5) is 13.9. The molecule has 0 saturated carbocycles. The number of sulfonamides is 1. The third-order valence-corrected chi connectivity index (χ3v) is 6.40. The Hall–Kier alpha value is -1.58. The summed E-state index contributed by atoms with van der Waals surface area (Å²) in [7, 11) is -0.936. The Bertz CT molecular complexity index is 766. The Morgan fingerprint density at radius 3 is 2.52 bits per heavy atom. The van der Waals surface area contributed by atoms with Crippen LogP contribution in [0.4, 0.5) is 8.78 Å². The molecule has 1 aliphatic rings. The van der Waals surface area contributed by atoms with Crippen molar-refractivity contribution in [2.45, 2.75) is 31.2 Å². The number of amides is 1. The molecule has 1 amide bonds. The summed E-state index contributed by atoms with van der Waals surface area (Å²) < 4.78 is 52.5. The predicted octanol–water partition coefficient (Wildman–Crippen LogP) is 1.23. The third kappa shape index (κ3) is 3.83. The van der Waals surface area contributed by atoms with Crippen LogP contribution in [-0.2, 0) is 10.0 Å². The summed E-state index contributed by atoms with van der Waals surface area (Å²) in [6.07, 6.45) is -2.67. The maximum absolute atomic E-state index is 13.2. The van der Waals surface area contributed by atoms with Crippen molar-refractivity contribution < 1.29 is 22.0 Å². The maximum Gasteiger partial charge on any atom is 0.259 e. The average Bonchev–Trinajstić information content (AvgIpc) is 2.56. The number of benzene rings is 1. The molecule has 0 aliphatic carbocycles. The summed E-state index contributed by atoms with van der Waals surface area (Å²) >= 11 is 0. The van der Waals surface area contributed by atoms with Crippen LogP contribution in [0.2, 0.25) is 0 Å². The van der Waals surface area contributed by atoms with Crippen molar-refractivity contribution in [3.8, 4) is 0 Å². The standard InChI is InChI=1S/C16H23F2N3O3S/c1-10-7-12(8-14(11(10)2)25(23,24)20(3)4)16(22)21-6-5-19-9-13(21)15(17)18/h7-8,13,15,19H,5-6,9H2,1-4H3. The van der Waals surface area contributed by atoms with Gasteiger partial charge in [-0.1, -0.05) is 0 Å². The van der Waals surface area contributed by atoms with E-state index in [9.17, 15) is 22.0 Å². The molecule has 1 aromatic carbocycles. The number of rotatable bonds is 4. The van der Waals surface area contributed by atoms with Gasteiger partial charge in [0.1, 0.15) is 6.04 Å². The smallest absolute Gasteiger partial charge is 0.259 e. The van der Waals surface area contributed by atoms with Crippen LogP contribution in [0.5, 0.6) is 0 Å². The molecule has 140 valence electrons. The third-order valence-electron chi connectivity index (χ3n) is 4.46. The fraction of sp³-hybridized carbons (Fsp3) is 0.562. The van der Waals surface area contributed by atoms with E-state index in [1.807, 2.05) is 0 Å². The summed E-state index contributed by atoms with van der Waals surface area (Å²) in [6, 6.07) is 1.61. The van der Waals surface area contributed by atoms with Crippen molar-refractivity contribution in [1.82, 2.24) is 14.5 Å². The first-order valence-corrected chi connectivity index (χ1v) is 9.35. The van der Waals surface area contributed by atoms with Gasteiger partial charge in [0.2, 0.25) is 10.0 Å². The Kier molecular flexibility index (Phi) is 5.80. The number of hydrogen-bond donors (Lipinski definition) is 1. The molecule has 1 N–H and O–H groups in total. The molecule has 0 bridgehead atoms. The molecule has 1 saturated heterocycles. The van der Waals surface area contributed by atoms with Gasteiger partial charge in [0.05, 0.1) is 4.90 Å². The van der Waals surface area contributed by atoms with Crippen LogP contribution in [0, 0.1) is 13.8 Å². The maximum atomic E-state index is 13.2. The summed E-state index contributed by atoms with van der Waals surface area (Å²) in [5.74, 6) is -0.579. The molecule has 1 fully saturated rings. The first kappa shape index (κ1) is 19.7. The highest BCUT2D eigenvalue weighted by atomic mass is 32.2. The van der Waals surface area contributed by atoms with Gasteiger partial charge < -0.3 is 10.2 Å². The Morgan fingerprint density at radius 1 is 1.32 bits per heavy atom. The molecule has 6 nitrogen and oxygen atoms in total. The molecule has 1 aliphatic heterocycles. The minimum absolute atomic E-state index is 0.0110. The number of aryl methyl sites for hydroxylation is 1. The molecule has 2 rings (SSSR count). The minimum atomic E-state index is -3.74. The summed E-state index contributed by atoms with van der Waals surface area (Å²) in [5, 5.41) is 2.85. The highest BCUT2D eigenvalue weighted by molar-refractivity contribution is 7.89. The van der Waals surface area contributed by atoms with Gasteiger partial charge >= 0.3 is 0 Å². The average molecular weight is 375 g/mol. The predicted molar refractivity (Wildman–Crippen MR) is 90.5 cm³/mol. The largest absolute Gasteiger partial charge is 0.327 e. The van der Waals surface area contributed by atoms with Crippen LogP contribution in [0.15, 0.2) is 17.0 Å². The van der Waals surface area contributed by atoms with E-state index in [4.69, 9.17) is 0 Å². The van der Waals surface area contributed by atoms with Gasteiger partial charge in [0, 0.05) is 39.3 Å². The molecule has 9 heteroatoms. The second-order valence-electron chi connectivity index (χ2n) is 6.31. The molecule has 0 spiro atoms. The zero-order valence-corrected chi connectivity index (χ0v) is 15.5. The van der Waals surface area contributed by atoms with E-state index in [0.717, 1.165) is 9.21 Å². The van der Waals surface area contributed by atoms with Crippen molar-refractivity contribution in [3.05, 3.63) is 28.8 Å². The number of halogens is 2. The van der Waals surface area contributed by atoms with Crippen LogP contribution >= 0.6 is 0 Å². The fourth-order valence-electron chi connectivity index (χ4n) is 2.78. The fourth-order valence-corrected chi connectivity index (χ4v) is 4.00. The van der Waals surface area contributed by atoms with Gasteiger partial charge in [-0.25, -0.2) is 21.5 Å². The van der Waals surface area contributed by atoms with E-state index in [-0.39, 0.29) is 23.5 Å². The Balaban J connectivity index is 2.49. The highest BCUT2D eigenvalue weighted by Crippen LogP contribution is 2.25. The van der Waals surface area contributed by atoms with E-state index in [0.29, 0.717) is 17.7 Å².